The highest BCUT2D eigenvalue weighted by molar-refractivity contribution is 5.71. The number of halogens is 3. The first kappa shape index (κ1) is 20.4. The molecule has 0 radical (unpaired) electrons. The lowest BCUT2D eigenvalue weighted by atomic mass is 9.96. The van der Waals surface area contributed by atoms with Crippen LogP contribution in [-0.2, 0) is 11.3 Å². The Morgan fingerprint density at radius 2 is 2.04 bits per heavy atom. The third-order valence-corrected chi connectivity index (χ3v) is 4.52. The van der Waals surface area contributed by atoms with E-state index in [4.69, 9.17) is 14.6 Å². The van der Waals surface area contributed by atoms with Gasteiger partial charge in [0.15, 0.2) is 11.5 Å². The summed E-state index contributed by atoms with van der Waals surface area (Å²) in [4.78, 5) is 12.7. The summed E-state index contributed by atoms with van der Waals surface area (Å²) in [6.07, 6.45) is -2.61. The predicted octanol–water partition coefficient (Wildman–Crippen LogP) is 3.57. The number of benzene rings is 1. The van der Waals surface area contributed by atoms with Crippen molar-refractivity contribution in [3.63, 3.8) is 0 Å². The monoisotopic (exact) mass is 375 g/mol. The SMILES string of the molecule is CCCCOc1ccc(CN2C[C@@H](C(F)(F)F)[C@H](C(=O)O)C2)cc1OC. The zero-order valence-electron chi connectivity index (χ0n) is 14.9. The van der Waals surface area contributed by atoms with Gasteiger partial charge in [-0.3, -0.25) is 9.69 Å². The lowest BCUT2D eigenvalue weighted by Crippen LogP contribution is -2.33. The van der Waals surface area contributed by atoms with Crippen LogP contribution in [0.4, 0.5) is 13.2 Å². The van der Waals surface area contributed by atoms with Crippen molar-refractivity contribution in [3.05, 3.63) is 23.8 Å². The molecule has 1 aliphatic heterocycles. The molecular formula is C18H24F3NO4. The van der Waals surface area contributed by atoms with Crippen LogP contribution < -0.4 is 9.47 Å². The largest absolute Gasteiger partial charge is 0.493 e. The molecule has 26 heavy (non-hydrogen) atoms. The summed E-state index contributed by atoms with van der Waals surface area (Å²) in [5.41, 5.74) is 0.747. The topological polar surface area (TPSA) is 59.0 Å². The number of likely N-dealkylation sites (tertiary alicyclic amines) is 1. The van der Waals surface area contributed by atoms with Crippen molar-refractivity contribution in [2.24, 2.45) is 11.8 Å². The van der Waals surface area contributed by atoms with Crippen molar-refractivity contribution in [2.45, 2.75) is 32.5 Å². The highest BCUT2D eigenvalue weighted by Gasteiger charge is 2.52. The van der Waals surface area contributed by atoms with Crippen molar-refractivity contribution in [1.82, 2.24) is 4.90 Å². The lowest BCUT2D eigenvalue weighted by Gasteiger charge is -2.19. The maximum Gasteiger partial charge on any atom is 0.393 e. The Hall–Kier alpha value is -1.96. The molecule has 0 spiro atoms. The smallest absolute Gasteiger partial charge is 0.393 e. The van der Waals surface area contributed by atoms with Gasteiger partial charge in [-0.2, -0.15) is 13.2 Å². The number of carboxylic acid groups (broad SMARTS) is 1. The summed E-state index contributed by atoms with van der Waals surface area (Å²) < 4.78 is 50.2. The highest BCUT2D eigenvalue weighted by Crippen LogP contribution is 2.38. The van der Waals surface area contributed by atoms with Crippen molar-refractivity contribution < 1.29 is 32.5 Å². The summed E-state index contributed by atoms with van der Waals surface area (Å²) in [6, 6.07) is 5.22. The van der Waals surface area contributed by atoms with Gasteiger partial charge in [0.25, 0.3) is 0 Å². The summed E-state index contributed by atoms with van der Waals surface area (Å²) in [7, 11) is 1.50. The van der Waals surface area contributed by atoms with Crippen LogP contribution in [0.15, 0.2) is 18.2 Å². The number of nitrogens with zero attached hydrogens (tertiary/aromatic N) is 1. The van der Waals surface area contributed by atoms with Crippen molar-refractivity contribution in [1.29, 1.82) is 0 Å². The van der Waals surface area contributed by atoms with Crippen LogP contribution >= 0.6 is 0 Å². The minimum atomic E-state index is -4.52. The van der Waals surface area contributed by atoms with E-state index in [1.54, 1.807) is 18.2 Å². The molecule has 1 fully saturated rings. The van der Waals surface area contributed by atoms with Crippen molar-refractivity contribution >= 4 is 5.97 Å². The fourth-order valence-electron chi connectivity index (χ4n) is 3.11. The minimum Gasteiger partial charge on any atom is -0.493 e. The second-order valence-electron chi connectivity index (χ2n) is 6.47. The van der Waals surface area contributed by atoms with Crippen LogP contribution in [0.25, 0.3) is 0 Å². The van der Waals surface area contributed by atoms with E-state index in [-0.39, 0.29) is 19.6 Å². The molecule has 146 valence electrons. The standard InChI is InChI=1S/C18H24F3NO4/c1-3-4-7-26-15-6-5-12(8-16(15)25-2)9-22-10-13(17(23)24)14(11-22)18(19,20)21/h5-6,8,13-14H,3-4,7,9-11H2,1-2H3,(H,23,24)/t13-,14-/m1/s1. The average molecular weight is 375 g/mol. The number of hydrogen-bond acceptors (Lipinski definition) is 4. The zero-order chi connectivity index (χ0) is 19.3. The van der Waals surface area contributed by atoms with Crippen LogP contribution in [-0.4, -0.2) is 49.0 Å². The Morgan fingerprint density at radius 3 is 2.58 bits per heavy atom. The Labute approximate surface area is 150 Å². The van der Waals surface area contributed by atoms with Gasteiger partial charge in [0.1, 0.15) is 0 Å². The molecule has 1 heterocycles. The Morgan fingerprint density at radius 1 is 1.31 bits per heavy atom. The minimum absolute atomic E-state index is 0.128. The molecule has 1 aromatic rings. The maximum absolute atomic E-state index is 13.1. The second kappa shape index (κ2) is 8.62. The third kappa shape index (κ3) is 5.03. The van der Waals surface area contributed by atoms with Crippen LogP contribution in [0.2, 0.25) is 0 Å². The first-order chi connectivity index (χ1) is 12.3. The van der Waals surface area contributed by atoms with Gasteiger partial charge in [-0.15, -0.1) is 0 Å². The molecule has 1 aliphatic rings. The van der Waals surface area contributed by atoms with Gasteiger partial charge in [0, 0.05) is 19.6 Å². The Kier molecular flexibility index (Phi) is 6.75. The van der Waals surface area contributed by atoms with E-state index in [0.717, 1.165) is 18.4 Å². The first-order valence-electron chi connectivity index (χ1n) is 8.57. The molecule has 1 N–H and O–H groups in total. The van der Waals surface area contributed by atoms with E-state index in [0.29, 0.717) is 18.1 Å². The Bertz CT molecular complexity index is 621. The van der Waals surface area contributed by atoms with E-state index in [1.807, 2.05) is 0 Å². The normalized spacial score (nSPS) is 21.0. The van der Waals surface area contributed by atoms with E-state index in [9.17, 15) is 18.0 Å². The molecule has 0 amide bonds. The fraction of sp³-hybridized carbons (Fsp3) is 0.611. The summed E-state index contributed by atoms with van der Waals surface area (Å²) >= 11 is 0. The maximum atomic E-state index is 13.1. The number of hydrogen-bond donors (Lipinski definition) is 1. The van der Waals surface area contributed by atoms with E-state index < -0.39 is 24.0 Å². The van der Waals surface area contributed by atoms with Gasteiger partial charge < -0.3 is 14.6 Å². The van der Waals surface area contributed by atoms with Crippen molar-refractivity contribution in [3.8, 4) is 11.5 Å². The molecule has 1 aromatic carbocycles. The van der Waals surface area contributed by atoms with E-state index in [1.165, 1.54) is 12.0 Å². The summed E-state index contributed by atoms with van der Waals surface area (Å²) in [5, 5.41) is 9.09. The van der Waals surface area contributed by atoms with Gasteiger partial charge >= 0.3 is 12.1 Å². The average Bonchev–Trinajstić information content (AvgIpc) is 3.00. The number of ether oxygens (including phenoxy) is 2. The van der Waals surface area contributed by atoms with Crippen LogP contribution in [0, 0.1) is 11.8 Å². The van der Waals surface area contributed by atoms with Gasteiger partial charge in [0.05, 0.1) is 25.6 Å². The molecule has 2 atom stereocenters. The van der Waals surface area contributed by atoms with Crippen LogP contribution in [0.3, 0.4) is 0 Å². The lowest BCUT2D eigenvalue weighted by molar-refractivity contribution is -0.188. The molecule has 0 bridgehead atoms. The fourth-order valence-corrected chi connectivity index (χ4v) is 3.11. The number of alkyl halides is 3. The number of unbranched alkanes of at least 4 members (excludes halogenated alkanes) is 1. The first-order valence-corrected chi connectivity index (χ1v) is 8.57. The van der Waals surface area contributed by atoms with Gasteiger partial charge in [0.2, 0.25) is 0 Å². The van der Waals surface area contributed by atoms with Crippen LogP contribution in [0.1, 0.15) is 25.3 Å². The second-order valence-corrected chi connectivity index (χ2v) is 6.47. The molecule has 1 saturated heterocycles. The van der Waals surface area contributed by atoms with Gasteiger partial charge in [-0.1, -0.05) is 19.4 Å². The number of rotatable bonds is 8. The molecule has 5 nitrogen and oxygen atoms in total. The molecule has 0 aliphatic carbocycles. The molecule has 0 unspecified atom stereocenters. The quantitative estimate of drug-likeness (QED) is 0.704. The summed E-state index contributed by atoms with van der Waals surface area (Å²) in [6.45, 7) is 2.39. The summed E-state index contributed by atoms with van der Waals surface area (Å²) in [5.74, 6) is -3.60. The number of carbonyl (C=O) groups is 1. The molecule has 0 aromatic heterocycles. The predicted molar refractivity (Wildman–Crippen MR) is 89.3 cm³/mol. The van der Waals surface area contributed by atoms with E-state index in [2.05, 4.69) is 6.92 Å². The molecule has 8 heteroatoms. The van der Waals surface area contributed by atoms with Crippen LogP contribution in [0.5, 0.6) is 11.5 Å². The van der Waals surface area contributed by atoms with E-state index >= 15 is 0 Å². The number of carboxylic acids is 1. The number of aliphatic carboxylic acids is 1. The highest BCUT2D eigenvalue weighted by atomic mass is 19.4. The zero-order valence-corrected chi connectivity index (χ0v) is 14.9. The third-order valence-electron chi connectivity index (χ3n) is 4.52. The van der Waals surface area contributed by atoms with Crippen molar-refractivity contribution in [2.75, 3.05) is 26.8 Å². The van der Waals surface area contributed by atoms with Gasteiger partial charge in [-0.25, -0.2) is 0 Å². The Balaban J connectivity index is 2.07. The molecule has 2 rings (SSSR count). The van der Waals surface area contributed by atoms with Gasteiger partial charge in [-0.05, 0) is 24.1 Å². The number of methoxy groups -OCH3 is 1. The molecular weight excluding hydrogens is 351 g/mol. The molecule has 0 saturated carbocycles.